The van der Waals surface area contributed by atoms with E-state index >= 15 is 0 Å². The van der Waals surface area contributed by atoms with Crippen LogP contribution in [0.15, 0.2) is 54.4 Å². The second-order valence-electron chi connectivity index (χ2n) is 6.26. The molecule has 0 aliphatic rings. The van der Waals surface area contributed by atoms with E-state index in [1.165, 1.54) is 12.8 Å². The summed E-state index contributed by atoms with van der Waals surface area (Å²) in [5, 5.41) is 1.34. The third kappa shape index (κ3) is 9.05. The Morgan fingerprint density at radius 2 is 1.76 bits per heavy atom. The Kier molecular flexibility index (Phi) is 14.2. The molecule has 0 saturated heterocycles. The molecule has 0 unspecified atom stereocenters. The van der Waals surface area contributed by atoms with Gasteiger partial charge in [0.2, 0.25) is 0 Å². The van der Waals surface area contributed by atoms with Crippen LogP contribution < -0.4 is 0 Å². The summed E-state index contributed by atoms with van der Waals surface area (Å²) in [5.41, 5.74) is 4.28. The normalized spacial score (nSPS) is 11.2. The van der Waals surface area contributed by atoms with Gasteiger partial charge in [0.15, 0.2) is 5.78 Å². The highest BCUT2D eigenvalue weighted by molar-refractivity contribution is 9.08. The van der Waals surface area contributed by atoms with E-state index in [1.807, 2.05) is 44.8 Å². The number of unbranched alkanes of at least 4 members (excludes halogenated alkanes) is 1. The molecule has 0 aliphatic carbocycles. The molecule has 3 nitrogen and oxygen atoms in total. The van der Waals surface area contributed by atoms with Gasteiger partial charge in [-0.3, -0.25) is 9.78 Å². The molecule has 0 saturated carbocycles. The Balaban J connectivity index is 0.00000116. The standard InChI is InChI=1S/C19H19ClN2O.C4H10.CH3Br/c1-5-16(12(3)7-13(4)18(23)6-2)14-8-15-11-22-19(20)9-17(15)21-10-14;1-3-4-2;1-2/h5,7-11H,4,6H2,1-3H3;3-4H2,1-2H3;1H3/b12-7-,16-5+;;. The second kappa shape index (κ2) is 15.1. The minimum Gasteiger partial charge on any atom is -0.294 e. The van der Waals surface area contributed by atoms with Gasteiger partial charge in [-0.05, 0) is 43.0 Å². The van der Waals surface area contributed by atoms with Crippen molar-refractivity contribution in [2.45, 2.75) is 53.9 Å². The highest BCUT2D eigenvalue weighted by Crippen LogP contribution is 2.26. The summed E-state index contributed by atoms with van der Waals surface area (Å²) in [6, 6.07) is 3.75. The van der Waals surface area contributed by atoms with Gasteiger partial charge in [-0.25, -0.2) is 4.98 Å². The maximum Gasteiger partial charge on any atom is 0.162 e. The van der Waals surface area contributed by atoms with E-state index in [2.05, 4.69) is 46.3 Å². The SMILES string of the molecule is C=C(/C=C(C)\C(=C/C)c1cnc2cc(Cl)ncc2c1)C(=O)CC.CBr.CCCC. The minimum absolute atomic E-state index is 0.0512. The molecule has 0 bridgehead atoms. The summed E-state index contributed by atoms with van der Waals surface area (Å²) in [7, 11) is 0. The number of fused-ring (bicyclic) bond motifs is 1. The maximum absolute atomic E-state index is 11.7. The monoisotopic (exact) mass is 478 g/mol. The third-order valence-electron chi connectivity index (χ3n) is 4.13. The lowest BCUT2D eigenvalue weighted by Crippen LogP contribution is -1.98. The molecule has 0 N–H and O–H groups in total. The number of allylic oxidation sites excluding steroid dienone is 5. The molecule has 0 spiro atoms. The number of carbonyl (C=O) groups excluding carboxylic acids is 1. The van der Waals surface area contributed by atoms with Gasteiger partial charge in [0.25, 0.3) is 0 Å². The zero-order valence-electron chi connectivity index (χ0n) is 18.4. The van der Waals surface area contributed by atoms with E-state index in [9.17, 15) is 4.79 Å². The summed E-state index contributed by atoms with van der Waals surface area (Å²) in [6.45, 7) is 14.0. The zero-order valence-corrected chi connectivity index (χ0v) is 20.7. The first-order valence-electron chi connectivity index (χ1n) is 9.74. The van der Waals surface area contributed by atoms with Gasteiger partial charge in [0, 0.05) is 41.4 Å². The highest BCUT2D eigenvalue weighted by Gasteiger charge is 2.08. The fourth-order valence-electron chi connectivity index (χ4n) is 2.41. The van der Waals surface area contributed by atoms with E-state index in [4.69, 9.17) is 11.6 Å². The van der Waals surface area contributed by atoms with Gasteiger partial charge in [-0.2, -0.15) is 0 Å². The molecule has 0 fully saturated rings. The first-order valence-corrected chi connectivity index (χ1v) is 11.7. The van der Waals surface area contributed by atoms with Gasteiger partial charge in [-0.1, -0.05) is 73.8 Å². The predicted molar refractivity (Wildman–Crippen MR) is 132 cm³/mol. The smallest absolute Gasteiger partial charge is 0.162 e. The van der Waals surface area contributed by atoms with Crippen LogP contribution in [0, 0.1) is 0 Å². The van der Waals surface area contributed by atoms with E-state index in [-0.39, 0.29) is 5.78 Å². The molecular formula is C24H32BrClN2O. The predicted octanol–water partition coefficient (Wildman–Crippen LogP) is 7.99. The molecule has 5 heteroatoms. The first-order chi connectivity index (χ1) is 13.9. The molecule has 2 aromatic heterocycles. The van der Waals surface area contributed by atoms with Crippen molar-refractivity contribution in [2.24, 2.45) is 0 Å². The molecule has 158 valence electrons. The van der Waals surface area contributed by atoms with Crippen molar-refractivity contribution in [3.63, 3.8) is 0 Å². The van der Waals surface area contributed by atoms with Gasteiger partial charge < -0.3 is 0 Å². The van der Waals surface area contributed by atoms with Crippen LogP contribution in [0.3, 0.4) is 0 Å². The number of Topliss-reactive ketones (excluding diaryl/α,β-unsaturated/α-hetero) is 1. The van der Waals surface area contributed by atoms with Crippen molar-refractivity contribution >= 4 is 49.8 Å². The van der Waals surface area contributed by atoms with Crippen LogP contribution >= 0.6 is 27.5 Å². The van der Waals surface area contributed by atoms with Gasteiger partial charge in [0.05, 0.1) is 5.52 Å². The lowest BCUT2D eigenvalue weighted by Gasteiger charge is -2.10. The lowest BCUT2D eigenvalue weighted by molar-refractivity contribution is -0.114. The molecule has 29 heavy (non-hydrogen) atoms. The van der Waals surface area contributed by atoms with Crippen LogP contribution in [-0.4, -0.2) is 21.6 Å². The number of hydrogen-bond acceptors (Lipinski definition) is 3. The van der Waals surface area contributed by atoms with Crippen LogP contribution in [0.2, 0.25) is 5.15 Å². The van der Waals surface area contributed by atoms with Crippen LogP contribution in [0.4, 0.5) is 0 Å². The number of halogens is 2. The van der Waals surface area contributed by atoms with Crippen molar-refractivity contribution in [1.82, 2.24) is 9.97 Å². The van der Waals surface area contributed by atoms with Gasteiger partial charge >= 0.3 is 0 Å². The largest absolute Gasteiger partial charge is 0.294 e. The van der Waals surface area contributed by atoms with Gasteiger partial charge in [-0.15, -0.1) is 0 Å². The number of ketones is 1. The average molecular weight is 480 g/mol. The summed E-state index contributed by atoms with van der Waals surface area (Å²) in [4.78, 5) is 20.2. The summed E-state index contributed by atoms with van der Waals surface area (Å²) in [6.07, 6.45) is 10.4. The fourth-order valence-corrected chi connectivity index (χ4v) is 2.57. The van der Waals surface area contributed by atoms with Crippen LogP contribution in [0.5, 0.6) is 0 Å². The highest BCUT2D eigenvalue weighted by atomic mass is 79.9. The molecule has 2 rings (SSSR count). The van der Waals surface area contributed by atoms with Crippen molar-refractivity contribution in [2.75, 3.05) is 5.83 Å². The number of alkyl halides is 1. The first kappa shape index (κ1) is 27.2. The molecule has 0 amide bonds. The summed E-state index contributed by atoms with van der Waals surface area (Å²) in [5.74, 6) is 1.86. The lowest BCUT2D eigenvalue weighted by atomic mass is 9.96. The molecule has 0 aromatic carbocycles. The van der Waals surface area contributed by atoms with Crippen molar-refractivity contribution < 1.29 is 4.79 Å². The number of aromatic nitrogens is 2. The van der Waals surface area contributed by atoms with E-state index in [0.29, 0.717) is 17.1 Å². The molecule has 0 radical (unpaired) electrons. The molecule has 2 aromatic rings. The van der Waals surface area contributed by atoms with Crippen molar-refractivity contribution in [3.05, 3.63) is 65.1 Å². The Morgan fingerprint density at radius 1 is 1.14 bits per heavy atom. The summed E-state index contributed by atoms with van der Waals surface area (Å²) >= 11 is 8.82. The maximum atomic E-state index is 11.7. The average Bonchev–Trinajstić information content (AvgIpc) is 2.75. The van der Waals surface area contributed by atoms with Crippen molar-refractivity contribution in [1.29, 1.82) is 0 Å². The number of pyridine rings is 2. The number of rotatable bonds is 6. The van der Waals surface area contributed by atoms with Crippen LogP contribution in [0.25, 0.3) is 16.5 Å². The molecular weight excluding hydrogens is 448 g/mol. The Labute approximate surface area is 189 Å². The van der Waals surface area contributed by atoms with Crippen LogP contribution in [-0.2, 0) is 4.79 Å². The molecule has 0 atom stereocenters. The quantitative estimate of drug-likeness (QED) is 0.182. The Hall–Kier alpha value is -1.78. The van der Waals surface area contributed by atoms with E-state index in [1.54, 1.807) is 18.5 Å². The fraction of sp³-hybridized carbons (Fsp3) is 0.375. The number of carbonyl (C=O) groups is 1. The number of nitrogens with zero attached hydrogens (tertiary/aromatic N) is 2. The summed E-state index contributed by atoms with van der Waals surface area (Å²) < 4.78 is 0. The molecule has 2 heterocycles. The van der Waals surface area contributed by atoms with E-state index in [0.717, 1.165) is 27.6 Å². The topological polar surface area (TPSA) is 42.9 Å². The molecule has 0 aliphatic heterocycles. The number of hydrogen-bond donors (Lipinski definition) is 0. The third-order valence-corrected chi connectivity index (χ3v) is 4.33. The van der Waals surface area contributed by atoms with E-state index < -0.39 is 0 Å². The Morgan fingerprint density at radius 3 is 2.28 bits per heavy atom. The van der Waals surface area contributed by atoms with Crippen molar-refractivity contribution in [3.8, 4) is 0 Å². The Bertz CT molecular complexity index is 870. The minimum atomic E-state index is 0.0512. The van der Waals surface area contributed by atoms with Gasteiger partial charge in [0.1, 0.15) is 5.15 Å². The zero-order chi connectivity index (χ0) is 22.4. The van der Waals surface area contributed by atoms with Crippen LogP contribution in [0.1, 0.15) is 59.4 Å². The second-order valence-corrected chi connectivity index (χ2v) is 6.64.